The van der Waals surface area contributed by atoms with Crippen LogP contribution < -0.4 is 16.8 Å². The highest BCUT2D eigenvalue weighted by atomic mass is 32.1. The van der Waals surface area contributed by atoms with E-state index in [0.29, 0.717) is 17.1 Å². The van der Waals surface area contributed by atoms with Crippen molar-refractivity contribution in [1.82, 2.24) is 14.6 Å². The first kappa shape index (κ1) is 27.2. The fourth-order valence-electron chi connectivity index (χ4n) is 3.41. The lowest BCUT2D eigenvalue weighted by molar-refractivity contribution is -0.143. The molecule has 0 radical (unpaired) electrons. The van der Waals surface area contributed by atoms with E-state index in [1.807, 2.05) is 0 Å². The van der Waals surface area contributed by atoms with Gasteiger partial charge in [0.15, 0.2) is 5.69 Å². The van der Waals surface area contributed by atoms with E-state index in [2.05, 4.69) is 9.69 Å². The van der Waals surface area contributed by atoms with Crippen molar-refractivity contribution in [2.24, 2.45) is 5.73 Å². The molecule has 13 heteroatoms. The van der Waals surface area contributed by atoms with Gasteiger partial charge in [0.1, 0.15) is 29.1 Å². The lowest BCUT2D eigenvalue weighted by Gasteiger charge is -2.31. The average Bonchev–Trinajstić information content (AvgIpc) is 3.26. The maximum absolute atomic E-state index is 13.7. The van der Waals surface area contributed by atoms with Crippen molar-refractivity contribution >= 4 is 40.9 Å². The molecule has 0 unspecified atom stereocenters. The van der Waals surface area contributed by atoms with Crippen LogP contribution in [0.3, 0.4) is 0 Å². The van der Waals surface area contributed by atoms with Crippen molar-refractivity contribution in [2.75, 3.05) is 18.9 Å². The highest BCUT2D eigenvalue weighted by Gasteiger charge is 2.35. The van der Waals surface area contributed by atoms with Gasteiger partial charge in [0.2, 0.25) is 5.91 Å². The zero-order chi connectivity index (χ0) is 27.1. The molecule has 2 aromatic carbocycles. The molecule has 3 aromatic rings. The first-order valence-corrected chi connectivity index (χ1v) is 11.7. The number of benzene rings is 2. The molecule has 5 N–H and O–H groups in total. The molecular weight excluding hydrogens is 508 g/mol. The Morgan fingerprint density at radius 3 is 2.19 bits per heavy atom. The van der Waals surface area contributed by atoms with Gasteiger partial charge in [0.25, 0.3) is 11.8 Å². The molecule has 0 saturated carbocycles. The number of nitrogens with two attached hydrogens (primary N) is 2. The fourth-order valence-corrected chi connectivity index (χ4v) is 4.17. The number of carbonyl (C=O) groups is 4. The van der Waals surface area contributed by atoms with E-state index < -0.39 is 47.9 Å². The minimum absolute atomic E-state index is 0.0954. The molecule has 3 amide bonds. The predicted octanol–water partition coefficient (Wildman–Crippen LogP) is 2.17. The number of nitrogen functional groups attached to an aromatic ring is 1. The number of nitrogens with zero attached hydrogens (tertiary/aromatic N) is 2. The number of hydrogen-bond donors (Lipinski definition) is 3. The van der Waals surface area contributed by atoms with Crippen molar-refractivity contribution in [3.8, 4) is 0 Å². The monoisotopic (exact) mass is 531 g/mol. The minimum atomic E-state index is -1.40. The van der Waals surface area contributed by atoms with Crippen molar-refractivity contribution < 1.29 is 32.7 Å². The summed E-state index contributed by atoms with van der Waals surface area (Å²) >= 11 is 0.613. The number of ether oxygens (including phenoxy) is 1. The maximum atomic E-state index is 13.7. The number of hydrogen-bond acceptors (Lipinski definition) is 8. The Hall–Kier alpha value is -4.39. The molecular formula is C24H23F2N5O5S. The van der Waals surface area contributed by atoms with Crippen molar-refractivity contribution in [3.63, 3.8) is 0 Å². The van der Waals surface area contributed by atoms with Crippen LogP contribution in [-0.4, -0.2) is 46.1 Å². The smallest absolute Gasteiger partial charge is 0.325 e. The fraction of sp³-hybridized carbons (Fsp3) is 0.208. The lowest BCUT2D eigenvalue weighted by Crippen LogP contribution is -2.44. The quantitative estimate of drug-likeness (QED) is 0.338. The lowest BCUT2D eigenvalue weighted by atomic mass is 10.0. The molecule has 194 valence electrons. The van der Waals surface area contributed by atoms with E-state index >= 15 is 0 Å². The van der Waals surface area contributed by atoms with E-state index in [-0.39, 0.29) is 35.0 Å². The van der Waals surface area contributed by atoms with Gasteiger partial charge >= 0.3 is 5.97 Å². The van der Waals surface area contributed by atoms with Crippen molar-refractivity contribution in [3.05, 3.63) is 81.9 Å². The van der Waals surface area contributed by atoms with Crippen LogP contribution in [0.1, 0.15) is 44.3 Å². The van der Waals surface area contributed by atoms with Gasteiger partial charge in [-0.15, -0.1) is 0 Å². The summed E-state index contributed by atoms with van der Waals surface area (Å²) in [5.41, 5.74) is 11.3. The van der Waals surface area contributed by atoms with E-state index in [1.165, 1.54) is 36.4 Å². The zero-order valence-corrected chi connectivity index (χ0v) is 20.4. The number of amides is 3. The summed E-state index contributed by atoms with van der Waals surface area (Å²) in [5.74, 6) is -4.32. The SMILES string of the molecule is CCOC(=O)CNC(=O)[C@H](c1ccc(F)cc1)N(Cc1ccc(F)cc1)C(=O)c1snc(C(N)=O)c1N. The van der Waals surface area contributed by atoms with E-state index in [4.69, 9.17) is 16.2 Å². The van der Waals surface area contributed by atoms with Crippen molar-refractivity contribution in [1.29, 1.82) is 0 Å². The number of rotatable bonds is 10. The molecule has 1 aromatic heterocycles. The van der Waals surface area contributed by atoms with Gasteiger partial charge in [-0.1, -0.05) is 24.3 Å². The standard InChI is InChI=1S/C24H23F2N5O5S/c1-2-36-17(32)11-29-23(34)20(14-5-9-16(26)10-6-14)31(12-13-3-7-15(25)8-4-13)24(35)21-18(27)19(22(28)33)30-37-21/h3-10,20H,2,11-12,27H2,1H3,(H2,28,33)(H,29,34)/t20-/m0/s1. The molecule has 0 aliphatic rings. The van der Waals surface area contributed by atoms with Crippen LogP contribution in [-0.2, 0) is 20.9 Å². The topological polar surface area (TPSA) is 158 Å². The summed E-state index contributed by atoms with van der Waals surface area (Å²) in [5, 5.41) is 2.42. The van der Waals surface area contributed by atoms with Crippen LogP contribution in [0.5, 0.6) is 0 Å². The maximum Gasteiger partial charge on any atom is 0.325 e. The van der Waals surface area contributed by atoms with Gasteiger partial charge in [0, 0.05) is 6.54 Å². The number of carbonyl (C=O) groups excluding carboxylic acids is 4. The summed E-state index contributed by atoms with van der Waals surface area (Å²) in [6, 6.07) is 8.61. The minimum Gasteiger partial charge on any atom is -0.465 e. The van der Waals surface area contributed by atoms with Gasteiger partial charge in [-0.05, 0) is 53.8 Å². The summed E-state index contributed by atoms with van der Waals surface area (Å²) in [4.78, 5) is 51.5. The number of primary amides is 1. The molecule has 1 atom stereocenters. The molecule has 1 heterocycles. The summed E-state index contributed by atoms with van der Waals surface area (Å²) in [6.45, 7) is 0.983. The van der Waals surface area contributed by atoms with Crippen LogP contribution in [0.2, 0.25) is 0 Å². The van der Waals surface area contributed by atoms with Gasteiger partial charge in [-0.3, -0.25) is 19.2 Å². The number of halogens is 2. The van der Waals surface area contributed by atoms with Crippen LogP contribution in [0.25, 0.3) is 0 Å². The van der Waals surface area contributed by atoms with Crippen molar-refractivity contribution in [2.45, 2.75) is 19.5 Å². The summed E-state index contributed by atoms with van der Waals surface area (Å²) in [6.07, 6.45) is 0. The predicted molar refractivity (Wildman–Crippen MR) is 130 cm³/mol. The Morgan fingerprint density at radius 1 is 1.05 bits per heavy atom. The molecule has 0 aliphatic heterocycles. The number of anilines is 1. The Morgan fingerprint density at radius 2 is 1.65 bits per heavy atom. The third-order valence-corrected chi connectivity index (χ3v) is 5.99. The molecule has 0 spiro atoms. The second kappa shape index (κ2) is 12.0. The molecule has 10 nitrogen and oxygen atoms in total. The molecule has 0 fully saturated rings. The molecule has 0 aliphatic carbocycles. The molecule has 37 heavy (non-hydrogen) atoms. The number of nitrogens with one attached hydrogen (secondary N) is 1. The Kier molecular flexibility index (Phi) is 8.85. The van der Waals surface area contributed by atoms with Crippen LogP contribution >= 0.6 is 11.5 Å². The number of esters is 1. The van der Waals surface area contributed by atoms with Gasteiger partial charge in [-0.25, -0.2) is 8.78 Å². The number of aromatic nitrogens is 1. The second-order valence-corrected chi connectivity index (χ2v) is 8.45. The first-order chi connectivity index (χ1) is 17.6. The van der Waals surface area contributed by atoms with E-state index in [0.717, 1.165) is 17.0 Å². The largest absolute Gasteiger partial charge is 0.465 e. The van der Waals surface area contributed by atoms with Gasteiger partial charge < -0.3 is 26.4 Å². The average molecular weight is 532 g/mol. The van der Waals surface area contributed by atoms with Crippen LogP contribution in [0, 0.1) is 11.6 Å². The van der Waals surface area contributed by atoms with Crippen LogP contribution in [0.15, 0.2) is 48.5 Å². The Balaban J connectivity index is 2.09. The Bertz CT molecular complexity index is 1300. The molecule has 0 bridgehead atoms. The van der Waals surface area contributed by atoms with Gasteiger partial charge in [0.05, 0.1) is 12.3 Å². The van der Waals surface area contributed by atoms with Gasteiger partial charge in [-0.2, -0.15) is 4.37 Å². The summed E-state index contributed by atoms with van der Waals surface area (Å²) in [7, 11) is 0. The second-order valence-electron chi connectivity index (χ2n) is 7.67. The normalized spacial score (nSPS) is 11.4. The Labute approximate surface area is 214 Å². The van der Waals surface area contributed by atoms with E-state index in [9.17, 15) is 28.0 Å². The highest BCUT2D eigenvalue weighted by Crippen LogP contribution is 2.30. The zero-order valence-electron chi connectivity index (χ0n) is 19.6. The van der Waals surface area contributed by atoms with Crippen LogP contribution in [0.4, 0.5) is 14.5 Å². The molecule has 3 rings (SSSR count). The van der Waals surface area contributed by atoms with E-state index in [1.54, 1.807) is 6.92 Å². The first-order valence-electron chi connectivity index (χ1n) is 10.9. The summed E-state index contributed by atoms with van der Waals surface area (Å²) < 4.78 is 35.9. The highest BCUT2D eigenvalue weighted by molar-refractivity contribution is 7.09. The third-order valence-electron chi connectivity index (χ3n) is 5.14. The molecule has 0 saturated heterocycles. The third kappa shape index (κ3) is 6.64.